The van der Waals surface area contributed by atoms with Crippen LogP contribution >= 0.6 is 11.6 Å². The summed E-state index contributed by atoms with van der Waals surface area (Å²) in [5.41, 5.74) is 0.301. The summed E-state index contributed by atoms with van der Waals surface area (Å²) in [5.74, 6) is 0.459. The smallest absolute Gasteiger partial charge is 0.200 e. The lowest BCUT2D eigenvalue weighted by Crippen LogP contribution is -2.37. The van der Waals surface area contributed by atoms with Crippen molar-refractivity contribution in [3.05, 3.63) is 23.0 Å². The van der Waals surface area contributed by atoms with Crippen LogP contribution in [0.15, 0.2) is 21.4 Å². The van der Waals surface area contributed by atoms with Crippen LogP contribution in [-0.2, 0) is 15.3 Å². The summed E-state index contributed by atoms with van der Waals surface area (Å²) in [4.78, 5) is 4.37. The largest absolute Gasteiger partial charge is 0.439 e. The topological polar surface area (TPSA) is 80.4 Å². The molecule has 0 aliphatic heterocycles. The van der Waals surface area contributed by atoms with Crippen LogP contribution in [0.3, 0.4) is 0 Å². The Labute approximate surface area is 146 Å². The number of aromatic nitrogens is 1. The molecule has 7 heteroatoms. The molecule has 0 spiro atoms. The zero-order valence-corrected chi connectivity index (χ0v) is 15.6. The van der Waals surface area contributed by atoms with E-state index in [1.807, 2.05) is 20.8 Å². The number of sulfone groups is 1. The van der Waals surface area contributed by atoms with Gasteiger partial charge in [-0.05, 0) is 25.0 Å². The minimum absolute atomic E-state index is 0.0457. The number of aliphatic hydroxyl groups is 1. The van der Waals surface area contributed by atoms with Gasteiger partial charge in [-0.25, -0.2) is 13.4 Å². The Bertz CT molecular complexity index is 867. The van der Waals surface area contributed by atoms with E-state index in [4.69, 9.17) is 16.0 Å². The summed E-state index contributed by atoms with van der Waals surface area (Å²) in [6, 6.07) is 3.19. The van der Waals surface area contributed by atoms with Crippen molar-refractivity contribution in [1.82, 2.24) is 4.98 Å². The van der Waals surface area contributed by atoms with Gasteiger partial charge in [0.2, 0.25) is 5.89 Å². The molecule has 1 aliphatic rings. The third-order valence-corrected chi connectivity index (χ3v) is 7.20. The fourth-order valence-corrected chi connectivity index (χ4v) is 5.67. The number of rotatable bonds is 2. The molecule has 2 aromatic rings. The van der Waals surface area contributed by atoms with Crippen LogP contribution < -0.4 is 0 Å². The maximum Gasteiger partial charge on any atom is 0.200 e. The molecular weight excluding hydrogens is 350 g/mol. The second-order valence-electron chi connectivity index (χ2n) is 7.43. The monoisotopic (exact) mass is 371 g/mol. The first-order valence-corrected chi connectivity index (χ1v) is 10.1. The normalized spacial score (nSPS) is 22.9. The average molecular weight is 372 g/mol. The molecule has 1 aliphatic carbocycles. The van der Waals surface area contributed by atoms with Crippen LogP contribution in [-0.4, -0.2) is 29.9 Å². The first-order valence-electron chi connectivity index (χ1n) is 8.14. The van der Waals surface area contributed by atoms with Crippen LogP contribution in [0.1, 0.15) is 52.3 Å². The molecule has 5 nitrogen and oxygen atoms in total. The molecule has 2 unspecified atom stereocenters. The molecule has 1 heterocycles. The lowest BCUT2D eigenvalue weighted by atomic mass is 9.97. The third kappa shape index (κ3) is 2.95. The van der Waals surface area contributed by atoms with Gasteiger partial charge in [0.1, 0.15) is 10.4 Å². The summed E-state index contributed by atoms with van der Waals surface area (Å²) in [6.07, 6.45) is 1.65. The molecule has 24 heavy (non-hydrogen) atoms. The molecule has 1 aromatic heterocycles. The van der Waals surface area contributed by atoms with Crippen LogP contribution in [0.25, 0.3) is 11.1 Å². The van der Waals surface area contributed by atoms with Gasteiger partial charge >= 0.3 is 0 Å². The average Bonchev–Trinajstić information content (AvgIpc) is 2.91. The first kappa shape index (κ1) is 17.7. The molecule has 1 saturated carbocycles. The number of nitrogens with zero attached hydrogens (tertiary/aromatic N) is 1. The SMILES string of the molecule is CC(C)(C)c1nc2ccc(Cl)c(S(=O)(=O)C3CCCCC3O)c2o1. The molecule has 0 radical (unpaired) electrons. The van der Waals surface area contributed by atoms with E-state index >= 15 is 0 Å². The highest BCUT2D eigenvalue weighted by Gasteiger charge is 2.39. The number of halogens is 1. The Morgan fingerprint density at radius 1 is 1.25 bits per heavy atom. The third-order valence-electron chi connectivity index (χ3n) is 4.46. The van der Waals surface area contributed by atoms with Gasteiger partial charge in [0.15, 0.2) is 15.4 Å². The highest BCUT2D eigenvalue weighted by molar-refractivity contribution is 7.92. The number of aliphatic hydroxyl groups excluding tert-OH is 1. The van der Waals surface area contributed by atoms with Crippen molar-refractivity contribution in [3.8, 4) is 0 Å². The van der Waals surface area contributed by atoms with Gasteiger partial charge in [-0.15, -0.1) is 0 Å². The summed E-state index contributed by atoms with van der Waals surface area (Å²) < 4.78 is 32.1. The van der Waals surface area contributed by atoms with Gasteiger partial charge in [0.25, 0.3) is 0 Å². The zero-order chi connectivity index (χ0) is 17.7. The highest BCUT2D eigenvalue weighted by Crippen LogP contribution is 2.38. The lowest BCUT2D eigenvalue weighted by molar-refractivity contribution is 0.133. The Morgan fingerprint density at radius 3 is 2.54 bits per heavy atom. The second-order valence-corrected chi connectivity index (χ2v) is 9.94. The van der Waals surface area contributed by atoms with E-state index in [1.165, 1.54) is 6.07 Å². The van der Waals surface area contributed by atoms with Gasteiger partial charge in [-0.2, -0.15) is 0 Å². The van der Waals surface area contributed by atoms with E-state index in [1.54, 1.807) is 6.07 Å². The summed E-state index contributed by atoms with van der Waals surface area (Å²) in [7, 11) is -3.82. The van der Waals surface area contributed by atoms with Crippen LogP contribution in [0, 0.1) is 0 Å². The van der Waals surface area contributed by atoms with Crippen LogP contribution in [0.4, 0.5) is 0 Å². The molecule has 1 fully saturated rings. The molecule has 0 amide bonds. The fraction of sp³-hybridized carbons (Fsp3) is 0.588. The van der Waals surface area contributed by atoms with E-state index in [-0.39, 0.29) is 20.9 Å². The minimum Gasteiger partial charge on any atom is -0.439 e. The van der Waals surface area contributed by atoms with E-state index in [9.17, 15) is 13.5 Å². The Kier molecular flexibility index (Phi) is 4.43. The van der Waals surface area contributed by atoms with Crippen molar-refractivity contribution in [2.24, 2.45) is 0 Å². The Hall–Kier alpha value is -1.11. The Balaban J connectivity index is 2.21. The van der Waals surface area contributed by atoms with Crippen molar-refractivity contribution in [1.29, 1.82) is 0 Å². The number of benzene rings is 1. The number of oxazole rings is 1. The predicted molar refractivity (Wildman–Crippen MR) is 93.2 cm³/mol. The summed E-state index contributed by atoms with van der Waals surface area (Å²) >= 11 is 6.23. The molecule has 3 rings (SSSR count). The predicted octanol–water partition coefficient (Wildman–Crippen LogP) is 3.86. The van der Waals surface area contributed by atoms with Crippen molar-refractivity contribution in [2.45, 2.75) is 68.1 Å². The molecule has 1 aromatic carbocycles. The summed E-state index contributed by atoms with van der Waals surface area (Å²) in [5, 5.41) is 9.45. The van der Waals surface area contributed by atoms with Gasteiger partial charge < -0.3 is 9.52 Å². The van der Waals surface area contributed by atoms with Crippen molar-refractivity contribution < 1.29 is 17.9 Å². The van der Waals surface area contributed by atoms with E-state index in [0.29, 0.717) is 24.2 Å². The first-order chi connectivity index (χ1) is 11.1. The molecular formula is C17H22ClNO4S. The van der Waals surface area contributed by atoms with Gasteiger partial charge in [-0.1, -0.05) is 45.2 Å². The fourth-order valence-electron chi connectivity index (χ4n) is 3.12. The van der Waals surface area contributed by atoms with Crippen molar-refractivity contribution in [2.75, 3.05) is 0 Å². The molecule has 0 saturated heterocycles. The lowest BCUT2D eigenvalue weighted by Gasteiger charge is -2.27. The number of hydrogen-bond acceptors (Lipinski definition) is 5. The van der Waals surface area contributed by atoms with Gasteiger partial charge in [0, 0.05) is 5.41 Å². The molecule has 132 valence electrons. The molecule has 1 N–H and O–H groups in total. The number of hydrogen-bond donors (Lipinski definition) is 1. The maximum atomic E-state index is 13.2. The van der Waals surface area contributed by atoms with Crippen molar-refractivity contribution >= 4 is 32.5 Å². The van der Waals surface area contributed by atoms with E-state index < -0.39 is 21.2 Å². The van der Waals surface area contributed by atoms with Gasteiger partial charge in [0.05, 0.1) is 16.4 Å². The highest BCUT2D eigenvalue weighted by atomic mass is 35.5. The second kappa shape index (κ2) is 6.00. The van der Waals surface area contributed by atoms with Crippen LogP contribution in [0.2, 0.25) is 5.02 Å². The Morgan fingerprint density at radius 2 is 1.92 bits per heavy atom. The zero-order valence-electron chi connectivity index (χ0n) is 14.0. The van der Waals surface area contributed by atoms with Gasteiger partial charge in [-0.3, -0.25) is 0 Å². The quantitative estimate of drug-likeness (QED) is 0.867. The molecule has 2 atom stereocenters. The summed E-state index contributed by atoms with van der Waals surface area (Å²) in [6.45, 7) is 5.83. The van der Waals surface area contributed by atoms with Crippen molar-refractivity contribution in [3.63, 3.8) is 0 Å². The minimum atomic E-state index is -3.82. The van der Waals surface area contributed by atoms with E-state index in [0.717, 1.165) is 12.8 Å². The van der Waals surface area contributed by atoms with Crippen LogP contribution in [0.5, 0.6) is 0 Å². The van der Waals surface area contributed by atoms with E-state index in [2.05, 4.69) is 4.98 Å². The standard InChI is InChI=1S/C17H22ClNO4S/c1-17(2,3)16-19-11-9-8-10(18)15(14(11)23-16)24(21,22)13-7-5-4-6-12(13)20/h8-9,12-13,20H,4-7H2,1-3H3. The maximum absolute atomic E-state index is 13.2. The molecule has 0 bridgehead atoms. The number of fused-ring (bicyclic) bond motifs is 1.